The molecule has 0 aliphatic rings. The third-order valence-electron chi connectivity index (χ3n) is 4.53. The van der Waals surface area contributed by atoms with Crippen molar-refractivity contribution in [1.82, 2.24) is 15.0 Å². The smallest absolute Gasteiger partial charge is 0.225 e. The van der Waals surface area contributed by atoms with Gasteiger partial charge in [-0.1, -0.05) is 66.2 Å². The second kappa shape index (κ2) is 8.97. The summed E-state index contributed by atoms with van der Waals surface area (Å²) in [7, 11) is 0. The summed E-state index contributed by atoms with van der Waals surface area (Å²) in [5.74, 6) is 1.37. The van der Waals surface area contributed by atoms with Crippen LogP contribution in [0.5, 0.6) is 0 Å². The number of aryl methyl sites for hydroxylation is 1. The first-order chi connectivity index (χ1) is 14.3. The number of anilines is 2. The molecule has 0 atom stereocenters. The van der Waals surface area contributed by atoms with Crippen LogP contribution in [-0.2, 0) is 13.1 Å². The molecule has 0 saturated heterocycles. The summed E-state index contributed by atoms with van der Waals surface area (Å²) in [6.07, 6.45) is 3.61. The summed E-state index contributed by atoms with van der Waals surface area (Å²) in [4.78, 5) is 13.5. The van der Waals surface area contributed by atoms with Crippen molar-refractivity contribution in [3.05, 3.63) is 102 Å². The molecule has 0 amide bonds. The molecular formula is C24H23N5. The van der Waals surface area contributed by atoms with Crippen LogP contribution in [-0.4, -0.2) is 15.0 Å². The molecule has 0 aliphatic carbocycles. The largest absolute Gasteiger partial charge is 0.366 e. The molecule has 29 heavy (non-hydrogen) atoms. The first-order valence-electron chi connectivity index (χ1n) is 9.63. The third-order valence-corrected chi connectivity index (χ3v) is 4.53. The Balaban J connectivity index is 1.57. The Morgan fingerprint density at radius 2 is 1.59 bits per heavy atom. The van der Waals surface area contributed by atoms with Gasteiger partial charge in [0.2, 0.25) is 5.95 Å². The Labute approximate surface area is 170 Å². The zero-order valence-corrected chi connectivity index (χ0v) is 16.3. The van der Waals surface area contributed by atoms with Crippen LogP contribution in [0.25, 0.3) is 11.3 Å². The average molecular weight is 381 g/mol. The van der Waals surface area contributed by atoms with Crippen molar-refractivity contribution < 1.29 is 0 Å². The Bertz CT molecular complexity index is 1060. The number of aromatic nitrogens is 3. The molecule has 4 aromatic rings. The Morgan fingerprint density at radius 3 is 2.38 bits per heavy atom. The quantitative estimate of drug-likeness (QED) is 0.468. The molecule has 0 unspecified atom stereocenters. The number of hydrogen-bond acceptors (Lipinski definition) is 5. The van der Waals surface area contributed by atoms with Gasteiger partial charge in [-0.3, -0.25) is 4.98 Å². The highest BCUT2D eigenvalue weighted by molar-refractivity contribution is 5.64. The van der Waals surface area contributed by atoms with Crippen molar-refractivity contribution in [2.24, 2.45) is 0 Å². The lowest BCUT2D eigenvalue weighted by molar-refractivity contribution is 1.03. The number of nitrogens with zero attached hydrogens (tertiary/aromatic N) is 3. The molecule has 0 fully saturated rings. The predicted molar refractivity (Wildman–Crippen MR) is 118 cm³/mol. The molecule has 2 aromatic heterocycles. The van der Waals surface area contributed by atoms with Gasteiger partial charge >= 0.3 is 0 Å². The number of nitrogens with one attached hydrogen (secondary N) is 2. The molecule has 144 valence electrons. The molecular weight excluding hydrogens is 358 g/mol. The standard InChI is InChI=1S/C24H23N5/c1-18-7-5-8-19(13-18)16-26-23-14-22(21-10-3-2-4-11-21)28-24(29-23)27-17-20-9-6-12-25-15-20/h2-15H,16-17H2,1H3,(H2,26,27,28,29). The molecule has 0 spiro atoms. The van der Waals surface area contributed by atoms with Crippen molar-refractivity contribution in [3.63, 3.8) is 0 Å². The van der Waals surface area contributed by atoms with E-state index in [-0.39, 0.29) is 0 Å². The molecule has 2 N–H and O–H groups in total. The zero-order valence-electron chi connectivity index (χ0n) is 16.3. The van der Waals surface area contributed by atoms with Gasteiger partial charge in [-0.05, 0) is 24.1 Å². The summed E-state index contributed by atoms with van der Waals surface area (Å²) in [6.45, 7) is 3.42. The second-order valence-electron chi connectivity index (χ2n) is 6.89. The van der Waals surface area contributed by atoms with Crippen molar-refractivity contribution in [3.8, 4) is 11.3 Å². The Hall–Kier alpha value is -3.73. The van der Waals surface area contributed by atoms with Crippen LogP contribution in [0.2, 0.25) is 0 Å². The van der Waals surface area contributed by atoms with Gasteiger partial charge in [0, 0.05) is 37.1 Å². The molecule has 0 bridgehead atoms. The van der Waals surface area contributed by atoms with Crippen LogP contribution in [0, 0.1) is 6.92 Å². The van der Waals surface area contributed by atoms with Crippen LogP contribution in [0.15, 0.2) is 85.2 Å². The monoisotopic (exact) mass is 381 g/mol. The minimum absolute atomic E-state index is 0.585. The van der Waals surface area contributed by atoms with Gasteiger partial charge in [0.15, 0.2) is 0 Å². The van der Waals surface area contributed by atoms with Crippen LogP contribution in [0.3, 0.4) is 0 Å². The highest BCUT2D eigenvalue weighted by atomic mass is 15.1. The van der Waals surface area contributed by atoms with Crippen molar-refractivity contribution in [2.75, 3.05) is 10.6 Å². The molecule has 0 aliphatic heterocycles. The first-order valence-corrected chi connectivity index (χ1v) is 9.63. The van der Waals surface area contributed by atoms with E-state index in [0.29, 0.717) is 19.0 Å². The zero-order chi connectivity index (χ0) is 19.9. The molecule has 0 radical (unpaired) electrons. The fourth-order valence-corrected chi connectivity index (χ4v) is 3.07. The maximum absolute atomic E-state index is 4.71. The normalized spacial score (nSPS) is 10.5. The topological polar surface area (TPSA) is 62.7 Å². The molecule has 2 aromatic carbocycles. The van der Waals surface area contributed by atoms with Gasteiger partial charge < -0.3 is 10.6 Å². The van der Waals surface area contributed by atoms with E-state index in [4.69, 9.17) is 4.98 Å². The van der Waals surface area contributed by atoms with Crippen LogP contribution in [0.1, 0.15) is 16.7 Å². The summed E-state index contributed by atoms with van der Waals surface area (Å²) in [5, 5.41) is 6.75. The lowest BCUT2D eigenvalue weighted by Gasteiger charge is -2.12. The fourth-order valence-electron chi connectivity index (χ4n) is 3.07. The molecule has 2 heterocycles. The van der Waals surface area contributed by atoms with Crippen LogP contribution < -0.4 is 10.6 Å². The Kier molecular flexibility index (Phi) is 5.76. The molecule has 4 rings (SSSR count). The van der Waals surface area contributed by atoms with Gasteiger partial charge in [-0.2, -0.15) is 4.98 Å². The maximum atomic E-state index is 4.71. The van der Waals surface area contributed by atoms with Crippen molar-refractivity contribution in [1.29, 1.82) is 0 Å². The van der Waals surface area contributed by atoms with Gasteiger partial charge in [0.05, 0.1) is 5.69 Å². The minimum Gasteiger partial charge on any atom is -0.366 e. The van der Waals surface area contributed by atoms with Gasteiger partial charge in [0.1, 0.15) is 5.82 Å². The lowest BCUT2D eigenvalue weighted by Crippen LogP contribution is -2.08. The maximum Gasteiger partial charge on any atom is 0.225 e. The van der Waals surface area contributed by atoms with Crippen LogP contribution in [0.4, 0.5) is 11.8 Å². The summed E-state index contributed by atoms with van der Waals surface area (Å²) in [6, 6.07) is 24.5. The fraction of sp³-hybridized carbons (Fsp3) is 0.125. The average Bonchev–Trinajstić information content (AvgIpc) is 2.78. The molecule has 5 heteroatoms. The lowest BCUT2D eigenvalue weighted by atomic mass is 10.1. The van der Waals surface area contributed by atoms with Gasteiger partial charge in [0.25, 0.3) is 0 Å². The second-order valence-corrected chi connectivity index (χ2v) is 6.89. The minimum atomic E-state index is 0.585. The Morgan fingerprint density at radius 1 is 0.759 bits per heavy atom. The summed E-state index contributed by atoms with van der Waals surface area (Å²) >= 11 is 0. The predicted octanol–water partition coefficient (Wildman–Crippen LogP) is 5.07. The number of hydrogen-bond donors (Lipinski definition) is 2. The number of benzene rings is 2. The first kappa shape index (κ1) is 18.6. The summed E-state index contributed by atoms with van der Waals surface area (Å²) < 4.78 is 0. The van der Waals surface area contributed by atoms with Crippen molar-refractivity contribution >= 4 is 11.8 Å². The van der Waals surface area contributed by atoms with E-state index >= 15 is 0 Å². The molecule has 0 saturated carbocycles. The van der Waals surface area contributed by atoms with Crippen LogP contribution >= 0.6 is 0 Å². The number of rotatable bonds is 7. The third kappa shape index (κ3) is 5.17. The summed E-state index contributed by atoms with van der Waals surface area (Å²) in [5.41, 5.74) is 5.47. The van der Waals surface area contributed by atoms with Gasteiger partial charge in [-0.15, -0.1) is 0 Å². The highest BCUT2D eigenvalue weighted by Crippen LogP contribution is 2.22. The van der Waals surface area contributed by atoms with E-state index in [2.05, 4.69) is 63.9 Å². The van der Waals surface area contributed by atoms with Gasteiger partial charge in [-0.25, -0.2) is 4.98 Å². The van der Waals surface area contributed by atoms with E-state index in [9.17, 15) is 0 Å². The van der Waals surface area contributed by atoms with E-state index in [1.807, 2.05) is 42.6 Å². The molecule has 5 nitrogen and oxygen atoms in total. The van der Waals surface area contributed by atoms with E-state index in [1.165, 1.54) is 11.1 Å². The van der Waals surface area contributed by atoms with E-state index < -0.39 is 0 Å². The highest BCUT2D eigenvalue weighted by Gasteiger charge is 2.07. The van der Waals surface area contributed by atoms with Crippen molar-refractivity contribution in [2.45, 2.75) is 20.0 Å². The van der Waals surface area contributed by atoms with E-state index in [1.54, 1.807) is 6.20 Å². The van der Waals surface area contributed by atoms with E-state index in [0.717, 1.165) is 22.6 Å². The SMILES string of the molecule is Cc1cccc(CNc2cc(-c3ccccc3)nc(NCc3cccnc3)n2)c1. The number of pyridine rings is 1.